The molecule has 0 aliphatic heterocycles. The fourth-order valence-electron chi connectivity index (χ4n) is 2.07. The first kappa shape index (κ1) is 17.6. The van der Waals surface area contributed by atoms with E-state index in [2.05, 4.69) is 4.98 Å². The van der Waals surface area contributed by atoms with E-state index in [0.717, 1.165) is 0 Å². The van der Waals surface area contributed by atoms with Gasteiger partial charge in [0.05, 0.1) is 16.1 Å². The number of hydrogen-bond donors (Lipinski definition) is 0. The third-order valence-electron chi connectivity index (χ3n) is 3.18. The topological polar surface area (TPSA) is 12.9 Å². The van der Waals surface area contributed by atoms with E-state index in [1.807, 2.05) is 0 Å². The molecule has 2 rings (SSSR count). The van der Waals surface area contributed by atoms with Crippen LogP contribution in [0.5, 0.6) is 0 Å². The first-order valence-electron chi connectivity index (χ1n) is 6.45. The van der Waals surface area contributed by atoms with Gasteiger partial charge in [-0.25, -0.2) is 0 Å². The molecule has 0 fully saturated rings. The second kappa shape index (κ2) is 6.39. The molecule has 0 aliphatic carbocycles. The summed E-state index contributed by atoms with van der Waals surface area (Å²) in [6, 6.07) is 4.48. The van der Waals surface area contributed by atoms with E-state index < -0.39 is 29.0 Å². The van der Waals surface area contributed by atoms with Crippen LogP contribution in [0, 0.1) is 0 Å². The van der Waals surface area contributed by atoms with Crippen molar-refractivity contribution in [2.75, 3.05) is 0 Å². The van der Waals surface area contributed by atoms with Gasteiger partial charge in [0.15, 0.2) is 0 Å². The Labute approximate surface area is 132 Å². The molecule has 0 atom stereocenters. The van der Waals surface area contributed by atoms with E-state index >= 15 is 0 Å². The summed E-state index contributed by atoms with van der Waals surface area (Å²) in [5.74, 6) is 0. The Morgan fingerprint density at radius 2 is 1.57 bits per heavy atom. The second-order valence-corrected chi connectivity index (χ2v) is 5.27. The molecule has 0 aliphatic rings. The van der Waals surface area contributed by atoms with Gasteiger partial charge < -0.3 is 0 Å². The minimum Gasteiger partial charge on any atom is -0.260 e. The number of benzene rings is 1. The summed E-state index contributed by atoms with van der Waals surface area (Å²) in [4.78, 5) is 3.92. The summed E-state index contributed by atoms with van der Waals surface area (Å²) in [5, 5.41) is 0.365. The second-order valence-electron chi connectivity index (χ2n) is 4.84. The molecule has 23 heavy (non-hydrogen) atoms. The lowest BCUT2D eigenvalue weighted by atomic mass is 9.98. The van der Waals surface area contributed by atoms with Gasteiger partial charge in [-0.05, 0) is 48.7 Å². The SMILES string of the molecule is FC(F)(F)c1ccc(C(F)(F)F)c(CCc2ccc(Cl)cn2)c1. The van der Waals surface area contributed by atoms with Crippen LogP contribution in [0.4, 0.5) is 26.3 Å². The van der Waals surface area contributed by atoms with Crippen LogP contribution < -0.4 is 0 Å². The summed E-state index contributed by atoms with van der Waals surface area (Å²) in [5.41, 5.74) is -2.15. The molecule has 0 saturated heterocycles. The van der Waals surface area contributed by atoms with Gasteiger partial charge in [0.2, 0.25) is 0 Å². The van der Waals surface area contributed by atoms with Gasteiger partial charge in [-0.1, -0.05) is 11.6 Å². The van der Waals surface area contributed by atoms with Crippen molar-refractivity contribution in [1.82, 2.24) is 4.98 Å². The quantitative estimate of drug-likeness (QED) is 0.658. The number of nitrogens with zero attached hydrogens (tertiary/aromatic N) is 1. The molecule has 1 aromatic heterocycles. The molecule has 0 amide bonds. The van der Waals surface area contributed by atoms with Crippen molar-refractivity contribution < 1.29 is 26.3 Å². The van der Waals surface area contributed by atoms with Gasteiger partial charge in [0, 0.05) is 11.9 Å². The zero-order valence-corrected chi connectivity index (χ0v) is 12.2. The lowest BCUT2D eigenvalue weighted by molar-refractivity contribution is -0.141. The van der Waals surface area contributed by atoms with Gasteiger partial charge in [0.25, 0.3) is 0 Å². The zero-order chi connectivity index (χ0) is 17.3. The number of alkyl halides is 6. The molecule has 0 N–H and O–H groups in total. The van der Waals surface area contributed by atoms with Gasteiger partial charge in [-0.15, -0.1) is 0 Å². The molecule has 1 heterocycles. The number of aryl methyl sites for hydroxylation is 2. The maximum absolute atomic E-state index is 12.9. The molecule has 1 nitrogen and oxygen atoms in total. The monoisotopic (exact) mass is 353 g/mol. The number of pyridine rings is 1. The summed E-state index contributed by atoms with van der Waals surface area (Å²) in [6.45, 7) is 0. The molecule has 0 saturated carbocycles. The fraction of sp³-hybridized carbons (Fsp3) is 0.267. The highest BCUT2D eigenvalue weighted by molar-refractivity contribution is 6.30. The van der Waals surface area contributed by atoms with Crippen LogP contribution in [-0.4, -0.2) is 4.98 Å². The molecule has 0 bridgehead atoms. The third-order valence-corrected chi connectivity index (χ3v) is 3.40. The van der Waals surface area contributed by atoms with Crippen molar-refractivity contribution in [2.45, 2.75) is 25.2 Å². The number of aromatic nitrogens is 1. The smallest absolute Gasteiger partial charge is 0.260 e. The fourth-order valence-corrected chi connectivity index (χ4v) is 2.18. The lowest BCUT2D eigenvalue weighted by Gasteiger charge is -2.15. The largest absolute Gasteiger partial charge is 0.416 e. The third kappa shape index (κ3) is 4.60. The first-order chi connectivity index (χ1) is 10.6. The van der Waals surface area contributed by atoms with Gasteiger partial charge in [0.1, 0.15) is 0 Å². The normalized spacial score (nSPS) is 12.5. The van der Waals surface area contributed by atoms with Crippen LogP contribution >= 0.6 is 11.6 Å². The minimum atomic E-state index is -4.72. The van der Waals surface area contributed by atoms with E-state index in [9.17, 15) is 26.3 Å². The van der Waals surface area contributed by atoms with Crippen molar-refractivity contribution in [3.05, 3.63) is 63.9 Å². The predicted octanol–water partition coefficient (Wildman–Crippen LogP) is 5.56. The van der Waals surface area contributed by atoms with Gasteiger partial charge in [-0.2, -0.15) is 26.3 Å². The van der Waals surface area contributed by atoms with Crippen LogP contribution in [-0.2, 0) is 25.2 Å². The molecule has 0 unspecified atom stereocenters. The first-order valence-corrected chi connectivity index (χ1v) is 6.83. The molecule has 1 aromatic carbocycles. The van der Waals surface area contributed by atoms with E-state index in [1.54, 1.807) is 0 Å². The van der Waals surface area contributed by atoms with Crippen LogP contribution in [0.2, 0.25) is 5.02 Å². The summed E-state index contributed by atoms with van der Waals surface area (Å²) in [6.07, 6.45) is -8.23. The van der Waals surface area contributed by atoms with Crippen molar-refractivity contribution in [2.24, 2.45) is 0 Å². The Morgan fingerprint density at radius 3 is 2.09 bits per heavy atom. The van der Waals surface area contributed by atoms with E-state index in [-0.39, 0.29) is 12.8 Å². The van der Waals surface area contributed by atoms with Crippen LogP contribution in [0.25, 0.3) is 0 Å². The highest BCUT2D eigenvalue weighted by Crippen LogP contribution is 2.36. The highest BCUT2D eigenvalue weighted by Gasteiger charge is 2.36. The summed E-state index contributed by atoms with van der Waals surface area (Å²) >= 11 is 5.65. The molecule has 124 valence electrons. The highest BCUT2D eigenvalue weighted by atomic mass is 35.5. The number of halogens is 7. The van der Waals surface area contributed by atoms with Gasteiger partial charge >= 0.3 is 12.4 Å². The zero-order valence-electron chi connectivity index (χ0n) is 11.5. The molecular weight excluding hydrogens is 344 g/mol. The molecule has 0 spiro atoms. The lowest BCUT2D eigenvalue weighted by Crippen LogP contribution is -2.13. The van der Waals surface area contributed by atoms with Crippen molar-refractivity contribution in [3.8, 4) is 0 Å². The van der Waals surface area contributed by atoms with Crippen molar-refractivity contribution in [1.29, 1.82) is 0 Å². The average Bonchev–Trinajstić information content (AvgIpc) is 2.44. The van der Waals surface area contributed by atoms with Crippen LogP contribution in [0.1, 0.15) is 22.4 Å². The maximum Gasteiger partial charge on any atom is 0.416 e. The Morgan fingerprint density at radius 1 is 0.870 bits per heavy atom. The van der Waals surface area contributed by atoms with E-state index in [1.165, 1.54) is 18.3 Å². The van der Waals surface area contributed by atoms with Crippen LogP contribution in [0.15, 0.2) is 36.5 Å². The Balaban J connectivity index is 2.31. The standard InChI is InChI=1S/C15H10ClF6N/c16-11-3-5-12(23-8-11)4-1-9-7-10(14(17,18)19)2-6-13(9)15(20,21)22/h2-3,5-8H,1,4H2. The number of hydrogen-bond acceptors (Lipinski definition) is 1. The van der Waals surface area contributed by atoms with Crippen molar-refractivity contribution >= 4 is 11.6 Å². The Bertz CT molecular complexity index is 676. The maximum atomic E-state index is 12.9. The average molecular weight is 354 g/mol. The summed E-state index contributed by atoms with van der Waals surface area (Å²) in [7, 11) is 0. The number of rotatable bonds is 3. The van der Waals surface area contributed by atoms with E-state index in [0.29, 0.717) is 28.9 Å². The molecule has 0 radical (unpaired) electrons. The molecule has 8 heteroatoms. The van der Waals surface area contributed by atoms with Crippen molar-refractivity contribution in [3.63, 3.8) is 0 Å². The minimum absolute atomic E-state index is 0.0710. The molecular formula is C15H10ClF6N. The van der Waals surface area contributed by atoms with Gasteiger partial charge in [-0.3, -0.25) is 4.98 Å². The van der Waals surface area contributed by atoms with Crippen LogP contribution in [0.3, 0.4) is 0 Å². The summed E-state index contributed by atoms with van der Waals surface area (Å²) < 4.78 is 76.9. The van der Waals surface area contributed by atoms with E-state index in [4.69, 9.17) is 11.6 Å². The predicted molar refractivity (Wildman–Crippen MR) is 73.1 cm³/mol. The molecule has 2 aromatic rings. The Kier molecular flexibility index (Phi) is 4.89. The Hall–Kier alpha value is -1.76.